The number of fused-ring (bicyclic) bond motifs is 2. The molecule has 174 valence electrons. The van der Waals surface area contributed by atoms with E-state index in [-0.39, 0.29) is 24.9 Å². The Kier molecular flexibility index (Phi) is 7.09. The van der Waals surface area contributed by atoms with Crippen LogP contribution in [-0.4, -0.2) is 48.5 Å². The van der Waals surface area contributed by atoms with Crippen molar-refractivity contribution in [3.8, 4) is 17.2 Å². The molecule has 0 fully saturated rings. The Hall–Kier alpha value is -3.59. The van der Waals surface area contributed by atoms with Crippen LogP contribution in [0, 0.1) is 0 Å². The van der Waals surface area contributed by atoms with Crippen molar-refractivity contribution in [3.63, 3.8) is 0 Å². The summed E-state index contributed by atoms with van der Waals surface area (Å²) in [6.45, 7) is 5.06. The molecule has 2 aromatic carbocycles. The van der Waals surface area contributed by atoms with Crippen LogP contribution in [0.4, 0.5) is 0 Å². The first-order valence-electron chi connectivity index (χ1n) is 10.9. The zero-order valence-electron chi connectivity index (χ0n) is 18.6. The number of benzene rings is 2. The number of aromatic nitrogens is 2. The van der Waals surface area contributed by atoms with Gasteiger partial charge < -0.3 is 23.7 Å². The molecule has 0 saturated heterocycles. The number of hydrogen-bond donors (Lipinski definition) is 0. The molecule has 1 unspecified atom stereocenters. The average Bonchev–Trinajstić information content (AvgIpc) is 3.28. The predicted molar refractivity (Wildman–Crippen MR) is 120 cm³/mol. The van der Waals surface area contributed by atoms with Crippen molar-refractivity contribution in [2.45, 2.75) is 32.9 Å². The molecule has 9 nitrogen and oxygen atoms in total. The average molecular weight is 454 g/mol. The summed E-state index contributed by atoms with van der Waals surface area (Å²) in [7, 11) is 0. The van der Waals surface area contributed by atoms with E-state index in [1.54, 1.807) is 25.3 Å². The van der Waals surface area contributed by atoms with Crippen LogP contribution in [0.3, 0.4) is 0 Å². The molecule has 9 heteroatoms. The highest BCUT2D eigenvalue weighted by Gasteiger charge is 2.20. The highest BCUT2D eigenvalue weighted by Crippen LogP contribution is 2.34. The summed E-state index contributed by atoms with van der Waals surface area (Å²) in [5.74, 6) is 1.46. The summed E-state index contributed by atoms with van der Waals surface area (Å²) in [5, 5.41) is 5.45. The minimum Gasteiger partial charge on any atom is -0.492 e. The molecule has 1 atom stereocenters. The monoisotopic (exact) mass is 454 g/mol. The smallest absolute Gasteiger partial charge is 0.335 e. The number of esters is 1. The molecule has 0 bridgehead atoms. The summed E-state index contributed by atoms with van der Waals surface area (Å²) < 4.78 is 28.4. The van der Waals surface area contributed by atoms with Gasteiger partial charge in [-0.05, 0) is 43.7 Å². The van der Waals surface area contributed by atoms with E-state index in [1.807, 2.05) is 31.2 Å². The van der Waals surface area contributed by atoms with Gasteiger partial charge in [0.05, 0.1) is 24.7 Å². The molecular weight excluding hydrogens is 428 g/mol. The molecule has 2 heterocycles. The first-order valence-corrected chi connectivity index (χ1v) is 10.9. The zero-order chi connectivity index (χ0) is 23.2. The Morgan fingerprint density at radius 2 is 1.88 bits per heavy atom. The lowest BCUT2D eigenvalue weighted by molar-refractivity contribution is -0.156. The third-order valence-corrected chi connectivity index (χ3v) is 5.18. The molecule has 3 aromatic rings. The summed E-state index contributed by atoms with van der Waals surface area (Å²) in [4.78, 5) is 24.8. The van der Waals surface area contributed by atoms with Crippen molar-refractivity contribution in [3.05, 3.63) is 58.5 Å². The summed E-state index contributed by atoms with van der Waals surface area (Å²) in [6.07, 6.45) is 1.42. The van der Waals surface area contributed by atoms with Crippen LogP contribution in [0.1, 0.15) is 19.4 Å². The van der Waals surface area contributed by atoms with Gasteiger partial charge in [0.15, 0.2) is 17.6 Å². The maximum absolute atomic E-state index is 12.8. The highest BCUT2D eigenvalue weighted by atomic mass is 16.7. The molecule has 0 saturated carbocycles. The van der Waals surface area contributed by atoms with Gasteiger partial charge in [-0.25, -0.2) is 9.48 Å². The predicted octanol–water partition coefficient (Wildman–Crippen LogP) is 2.71. The lowest BCUT2D eigenvalue weighted by atomic mass is 10.1. The van der Waals surface area contributed by atoms with E-state index in [1.165, 1.54) is 4.68 Å². The van der Waals surface area contributed by atoms with Gasteiger partial charge in [0, 0.05) is 18.4 Å². The number of hydrogen-bond acceptors (Lipinski definition) is 8. The van der Waals surface area contributed by atoms with Gasteiger partial charge in [0.1, 0.15) is 12.4 Å². The van der Waals surface area contributed by atoms with Crippen LogP contribution in [0.2, 0.25) is 0 Å². The third kappa shape index (κ3) is 5.25. The number of ether oxygens (including phenoxy) is 5. The van der Waals surface area contributed by atoms with Gasteiger partial charge in [-0.15, -0.1) is 0 Å². The van der Waals surface area contributed by atoms with Crippen LogP contribution in [0.25, 0.3) is 10.8 Å². The Labute approximate surface area is 190 Å². The molecule has 0 aliphatic carbocycles. The van der Waals surface area contributed by atoms with Gasteiger partial charge in [0.25, 0.3) is 5.56 Å². The zero-order valence-corrected chi connectivity index (χ0v) is 18.6. The number of nitrogens with zero attached hydrogens (tertiary/aromatic N) is 2. The Bertz CT molecular complexity index is 1170. The van der Waals surface area contributed by atoms with Crippen LogP contribution < -0.4 is 19.8 Å². The Morgan fingerprint density at radius 1 is 1.12 bits per heavy atom. The molecule has 0 amide bonds. The van der Waals surface area contributed by atoms with E-state index in [0.29, 0.717) is 54.2 Å². The SMILES string of the molecule is CCOC(=O)C(Cc1ccc(OCCn2ncc3cc4c(cc3c2=O)OCO4)cc1)OCC. The van der Waals surface area contributed by atoms with Gasteiger partial charge in [-0.1, -0.05) is 12.1 Å². The summed E-state index contributed by atoms with van der Waals surface area (Å²) >= 11 is 0. The molecule has 1 aliphatic rings. The van der Waals surface area contributed by atoms with E-state index in [2.05, 4.69) is 5.10 Å². The van der Waals surface area contributed by atoms with Crippen molar-refractivity contribution in [2.75, 3.05) is 26.6 Å². The quantitative estimate of drug-likeness (QED) is 0.432. The van der Waals surface area contributed by atoms with E-state index < -0.39 is 6.10 Å². The van der Waals surface area contributed by atoms with Gasteiger partial charge in [0.2, 0.25) is 6.79 Å². The van der Waals surface area contributed by atoms with Crippen LogP contribution in [0.15, 0.2) is 47.4 Å². The first-order chi connectivity index (χ1) is 16.1. The van der Waals surface area contributed by atoms with Crippen LogP contribution in [-0.2, 0) is 27.2 Å². The van der Waals surface area contributed by atoms with Crippen molar-refractivity contribution in [1.29, 1.82) is 0 Å². The summed E-state index contributed by atoms with van der Waals surface area (Å²) in [6, 6.07) is 10.8. The van der Waals surface area contributed by atoms with Crippen molar-refractivity contribution in [1.82, 2.24) is 9.78 Å². The van der Waals surface area contributed by atoms with Crippen LogP contribution >= 0.6 is 0 Å². The summed E-state index contributed by atoms with van der Waals surface area (Å²) in [5.41, 5.74) is 0.714. The van der Waals surface area contributed by atoms with E-state index >= 15 is 0 Å². The fourth-order valence-electron chi connectivity index (χ4n) is 3.56. The molecule has 1 aliphatic heterocycles. The third-order valence-electron chi connectivity index (χ3n) is 5.18. The lowest BCUT2D eigenvalue weighted by Gasteiger charge is -2.16. The van der Waals surface area contributed by atoms with Gasteiger partial charge >= 0.3 is 5.97 Å². The van der Waals surface area contributed by atoms with E-state index in [4.69, 9.17) is 23.7 Å². The molecule has 0 N–H and O–H groups in total. The number of rotatable bonds is 10. The fourth-order valence-corrected chi connectivity index (χ4v) is 3.56. The second-order valence-electron chi connectivity index (χ2n) is 7.36. The number of carbonyl (C=O) groups excluding carboxylic acids is 1. The molecule has 1 aromatic heterocycles. The largest absolute Gasteiger partial charge is 0.492 e. The van der Waals surface area contributed by atoms with Crippen molar-refractivity contribution < 1.29 is 28.5 Å². The number of carbonyl (C=O) groups is 1. The fraction of sp³-hybridized carbons (Fsp3) is 0.375. The Balaban J connectivity index is 1.35. The minimum absolute atomic E-state index is 0.148. The van der Waals surface area contributed by atoms with Crippen molar-refractivity contribution >= 4 is 16.7 Å². The highest BCUT2D eigenvalue weighted by molar-refractivity contribution is 5.84. The van der Waals surface area contributed by atoms with Gasteiger partial charge in [-0.2, -0.15) is 5.10 Å². The standard InChI is InChI=1S/C24H26N2O7/c1-3-29-22(24(28)30-4-2)11-16-5-7-18(8-6-16)31-10-9-26-23(27)19-13-21-20(32-15-33-21)12-17(19)14-25-26/h5-8,12-14,22H,3-4,9-11,15H2,1-2H3. The topological polar surface area (TPSA) is 98.1 Å². The molecular formula is C24H26N2O7. The maximum atomic E-state index is 12.8. The molecule has 33 heavy (non-hydrogen) atoms. The Morgan fingerprint density at radius 3 is 2.61 bits per heavy atom. The molecule has 0 radical (unpaired) electrons. The molecule has 0 spiro atoms. The second kappa shape index (κ2) is 10.4. The first kappa shape index (κ1) is 22.6. The second-order valence-corrected chi connectivity index (χ2v) is 7.36. The van der Waals surface area contributed by atoms with Crippen molar-refractivity contribution in [2.24, 2.45) is 0 Å². The van der Waals surface area contributed by atoms with Gasteiger partial charge in [-0.3, -0.25) is 4.79 Å². The normalized spacial score (nSPS) is 13.2. The molecule has 4 rings (SSSR count). The lowest BCUT2D eigenvalue weighted by Crippen LogP contribution is -2.29. The van der Waals surface area contributed by atoms with E-state index in [9.17, 15) is 9.59 Å². The maximum Gasteiger partial charge on any atom is 0.335 e. The van der Waals surface area contributed by atoms with E-state index in [0.717, 1.165) is 5.56 Å². The minimum atomic E-state index is -0.634. The van der Waals surface area contributed by atoms with Crippen LogP contribution in [0.5, 0.6) is 17.2 Å².